The van der Waals surface area contributed by atoms with E-state index in [0.717, 1.165) is 43.1 Å². The van der Waals surface area contributed by atoms with Crippen LogP contribution in [0.1, 0.15) is 37.2 Å². The van der Waals surface area contributed by atoms with E-state index in [1.807, 2.05) is 19.9 Å². The van der Waals surface area contributed by atoms with Gasteiger partial charge in [0.05, 0.1) is 0 Å². The first-order valence-electron chi connectivity index (χ1n) is 6.49. The number of nitrogens with zero attached hydrogens (tertiary/aromatic N) is 2. The molecule has 18 heavy (non-hydrogen) atoms. The summed E-state index contributed by atoms with van der Waals surface area (Å²) in [5, 5.41) is 6.20. The van der Waals surface area contributed by atoms with E-state index in [-0.39, 0.29) is 5.91 Å². The third-order valence-corrected chi connectivity index (χ3v) is 2.80. The van der Waals surface area contributed by atoms with Crippen molar-refractivity contribution in [2.45, 2.75) is 45.6 Å². The van der Waals surface area contributed by atoms with E-state index in [9.17, 15) is 4.79 Å². The summed E-state index contributed by atoms with van der Waals surface area (Å²) in [5.74, 6) is 1.76. The summed E-state index contributed by atoms with van der Waals surface area (Å²) in [6, 6.07) is 2.37. The van der Waals surface area contributed by atoms with Crippen LogP contribution >= 0.6 is 0 Å². The molecule has 1 heterocycles. The van der Waals surface area contributed by atoms with Crippen molar-refractivity contribution in [2.75, 3.05) is 11.9 Å². The molecule has 1 fully saturated rings. The van der Waals surface area contributed by atoms with Crippen LogP contribution in [0, 0.1) is 13.8 Å². The number of hydrogen-bond donors (Lipinski definition) is 2. The van der Waals surface area contributed by atoms with E-state index in [0.29, 0.717) is 12.5 Å². The molecule has 0 bridgehead atoms. The second-order valence-electron chi connectivity index (χ2n) is 4.81. The van der Waals surface area contributed by atoms with Gasteiger partial charge in [-0.25, -0.2) is 9.97 Å². The topological polar surface area (TPSA) is 66.9 Å². The second kappa shape index (κ2) is 5.80. The molecule has 5 nitrogen and oxygen atoms in total. The third kappa shape index (κ3) is 4.31. The van der Waals surface area contributed by atoms with Gasteiger partial charge in [0.25, 0.3) is 0 Å². The van der Waals surface area contributed by atoms with Crippen LogP contribution in [-0.2, 0) is 4.79 Å². The summed E-state index contributed by atoms with van der Waals surface area (Å²) >= 11 is 0. The minimum absolute atomic E-state index is 0.161. The SMILES string of the molecule is Cc1cc(NCCCC(=O)NC2CC2)nc(C)n1. The Morgan fingerprint density at radius 2 is 2.17 bits per heavy atom. The van der Waals surface area contributed by atoms with Gasteiger partial charge in [0.2, 0.25) is 5.91 Å². The van der Waals surface area contributed by atoms with E-state index >= 15 is 0 Å². The molecule has 1 aromatic heterocycles. The number of hydrogen-bond acceptors (Lipinski definition) is 4. The van der Waals surface area contributed by atoms with E-state index in [4.69, 9.17) is 0 Å². The van der Waals surface area contributed by atoms with Gasteiger partial charge in [0.15, 0.2) is 0 Å². The Morgan fingerprint density at radius 3 is 2.83 bits per heavy atom. The number of anilines is 1. The fourth-order valence-electron chi connectivity index (χ4n) is 1.80. The summed E-state index contributed by atoms with van der Waals surface area (Å²) in [6.07, 6.45) is 3.68. The first kappa shape index (κ1) is 12.8. The van der Waals surface area contributed by atoms with Crippen LogP contribution in [0.2, 0.25) is 0 Å². The van der Waals surface area contributed by atoms with Crippen molar-refractivity contribution in [3.05, 3.63) is 17.6 Å². The lowest BCUT2D eigenvalue weighted by Crippen LogP contribution is -2.25. The Bertz CT molecular complexity index is 409. The molecule has 0 atom stereocenters. The summed E-state index contributed by atoms with van der Waals surface area (Å²) in [6.45, 7) is 4.58. The predicted octanol–water partition coefficient (Wildman–Crippen LogP) is 1.56. The molecule has 1 amide bonds. The fraction of sp³-hybridized carbons (Fsp3) is 0.615. The molecule has 2 rings (SSSR count). The highest BCUT2D eigenvalue weighted by Crippen LogP contribution is 2.18. The van der Waals surface area contributed by atoms with Crippen molar-refractivity contribution in [2.24, 2.45) is 0 Å². The van der Waals surface area contributed by atoms with Crippen molar-refractivity contribution in [3.8, 4) is 0 Å². The Hall–Kier alpha value is -1.65. The van der Waals surface area contributed by atoms with Crippen molar-refractivity contribution >= 4 is 11.7 Å². The zero-order chi connectivity index (χ0) is 13.0. The quantitative estimate of drug-likeness (QED) is 0.750. The molecule has 98 valence electrons. The zero-order valence-corrected chi connectivity index (χ0v) is 11.0. The number of carbonyl (C=O) groups is 1. The summed E-state index contributed by atoms with van der Waals surface area (Å²) in [7, 11) is 0. The minimum atomic E-state index is 0.161. The average Bonchev–Trinajstić information content (AvgIpc) is 3.07. The Kier molecular flexibility index (Phi) is 4.12. The molecule has 5 heteroatoms. The fourth-order valence-corrected chi connectivity index (χ4v) is 1.80. The Balaban J connectivity index is 1.66. The van der Waals surface area contributed by atoms with Crippen molar-refractivity contribution in [1.82, 2.24) is 15.3 Å². The van der Waals surface area contributed by atoms with E-state index < -0.39 is 0 Å². The molecule has 0 aliphatic heterocycles. The smallest absolute Gasteiger partial charge is 0.220 e. The maximum absolute atomic E-state index is 11.4. The van der Waals surface area contributed by atoms with Gasteiger partial charge in [-0.3, -0.25) is 4.79 Å². The van der Waals surface area contributed by atoms with Gasteiger partial charge < -0.3 is 10.6 Å². The van der Waals surface area contributed by atoms with Gasteiger partial charge in [-0.2, -0.15) is 0 Å². The van der Waals surface area contributed by atoms with Gasteiger partial charge in [-0.15, -0.1) is 0 Å². The lowest BCUT2D eigenvalue weighted by Gasteiger charge is -2.07. The molecule has 1 aliphatic carbocycles. The van der Waals surface area contributed by atoms with Crippen LogP contribution in [0.4, 0.5) is 5.82 Å². The molecule has 0 aromatic carbocycles. The molecule has 0 radical (unpaired) electrons. The second-order valence-corrected chi connectivity index (χ2v) is 4.81. The molecule has 2 N–H and O–H groups in total. The normalized spacial score (nSPS) is 14.3. The predicted molar refractivity (Wildman–Crippen MR) is 70.4 cm³/mol. The molecule has 1 saturated carbocycles. The largest absolute Gasteiger partial charge is 0.370 e. The maximum atomic E-state index is 11.4. The summed E-state index contributed by atoms with van der Waals surface area (Å²) in [5.41, 5.74) is 0.955. The van der Waals surface area contributed by atoms with Crippen LogP contribution in [0.3, 0.4) is 0 Å². The van der Waals surface area contributed by atoms with E-state index in [2.05, 4.69) is 20.6 Å². The maximum Gasteiger partial charge on any atom is 0.220 e. The molecule has 0 saturated heterocycles. The van der Waals surface area contributed by atoms with Crippen molar-refractivity contribution in [3.63, 3.8) is 0 Å². The number of aromatic nitrogens is 2. The molecule has 0 spiro atoms. The van der Waals surface area contributed by atoms with Crippen LogP contribution in [0.5, 0.6) is 0 Å². The van der Waals surface area contributed by atoms with Crippen LogP contribution in [0.25, 0.3) is 0 Å². The standard InChI is InChI=1S/C13H20N4O/c1-9-8-12(16-10(2)15-9)14-7-3-4-13(18)17-11-5-6-11/h8,11H,3-7H2,1-2H3,(H,17,18)(H,14,15,16). The highest BCUT2D eigenvalue weighted by atomic mass is 16.1. The number of carbonyl (C=O) groups excluding carboxylic acids is 1. The first-order valence-corrected chi connectivity index (χ1v) is 6.49. The van der Waals surface area contributed by atoms with Gasteiger partial charge in [0.1, 0.15) is 11.6 Å². The lowest BCUT2D eigenvalue weighted by atomic mass is 10.3. The molecule has 1 aliphatic rings. The minimum Gasteiger partial charge on any atom is -0.370 e. The third-order valence-electron chi connectivity index (χ3n) is 2.80. The summed E-state index contributed by atoms with van der Waals surface area (Å²) in [4.78, 5) is 19.9. The Labute approximate surface area is 107 Å². The molecular formula is C13H20N4O. The number of nitrogens with one attached hydrogen (secondary N) is 2. The van der Waals surface area contributed by atoms with Gasteiger partial charge in [-0.05, 0) is 33.1 Å². The summed E-state index contributed by atoms with van der Waals surface area (Å²) < 4.78 is 0. The van der Waals surface area contributed by atoms with Crippen LogP contribution in [-0.4, -0.2) is 28.5 Å². The van der Waals surface area contributed by atoms with Crippen molar-refractivity contribution < 1.29 is 4.79 Å². The lowest BCUT2D eigenvalue weighted by molar-refractivity contribution is -0.121. The first-order chi connectivity index (χ1) is 8.63. The monoisotopic (exact) mass is 248 g/mol. The van der Waals surface area contributed by atoms with E-state index in [1.54, 1.807) is 0 Å². The Morgan fingerprint density at radius 1 is 1.39 bits per heavy atom. The molecule has 0 unspecified atom stereocenters. The highest BCUT2D eigenvalue weighted by molar-refractivity contribution is 5.76. The number of amides is 1. The van der Waals surface area contributed by atoms with Crippen LogP contribution < -0.4 is 10.6 Å². The zero-order valence-electron chi connectivity index (χ0n) is 11.0. The molecular weight excluding hydrogens is 228 g/mol. The molecule has 1 aromatic rings. The van der Waals surface area contributed by atoms with Gasteiger partial charge in [0, 0.05) is 30.8 Å². The average molecular weight is 248 g/mol. The van der Waals surface area contributed by atoms with Crippen molar-refractivity contribution in [1.29, 1.82) is 0 Å². The van der Waals surface area contributed by atoms with Crippen LogP contribution in [0.15, 0.2) is 6.07 Å². The van der Waals surface area contributed by atoms with E-state index in [1.165, 1.54) is 0 Å². The van der Waals surface area contributed by atoms with Gasteiger partial charge >= 0.3 is 0 Å². The number of rotatable bonds is 6. The highest BCUT2D eigenvalue weighted by Gasteiger charge is 2.22. The van der Waals surface area contributed by atoms with Gasteiger partial charge in [-0.1, -0.05) is 0 Å². The number of aryl methyl sites for hydroxylation is 2.